The number of aryl methyl sites for hydroxylation is 1. The number of hydrogen-bond acceptors (Lipinski definition) is 7. The number of nitrogen functional groups attached to an aromatic ring is 1. The highest BCUT2D eigenvalue weighted by atomic mass is 32.1. The molecule has 0 atom stereocenters. The predicted molar refractivity (Wildman–Crippen MR) is 59.1 cm³/mol. The molecule has 2 rings (SSSR count). The van der Waals surface area contributed by atoms with E-state index in [0.29, 0.717) is 5.13 Å². The Morgan fingerprint density at radius 1 is 1.47 bits per heavy atom. The van der Waals surface area contributed by atoms with Crippen molar-refractivity contribution in [3.8, 4) is 0 Å². The third kappa shape index (κ3) is 2.28. The van der Waals surface area contributed by atoms with Gasteiger partial charge in [0.1, 0.15) is 0 Å². The SMILES string of the molecule is Cc1cnc(NC(=O)c2nnc(N)s2)s1. The van der Waals surface area contributed by atoms with E-state index in [9.17, 15) is 4.79 Å². The first-order valence-corrected chi connectivity index (χ1v) is 5.61. The number of nitrogens with zero attached hydrogens (tertiary/aromatic N) is 3. The van der Waals surface area contributed by atoms with E-state index in [4.69, 9.17) is 5.73 Å². The van der Waals surface area contributed by atoms with Gasteiger partial charge in [-0.3, -0.25) is 10.1 Å². The Bertz CT molecular complexity index is 491. The standard InChI is InChI=1S/C7H7N5OS2/c1-3-2-9-7(14-3)10-4(13)5-11-12-6(8)15-5/h2H,1H3,(H2,8,12)(H,9,10,13). The topological polar surface area (TPSA) is 93.8 Å². The molecule has 8 heteroatoms. The molecule has 78 valence electrons. The minimum Gasteiger partial charge on any atom is -0.374 e. The van der Waals surface area contributed by atoms with E-state index >= 15 is 0 Å². The molecule has 0 aliphatic heterocycles. The van der Waals surface area contributed by atoms with Gasteiger partial charge in [-0.1, -0.05) is 11.3 Å². The van der Waals surface area contributed by atoms with Crippen LogP contribution < -0.4 is 11.1 Å². The summed E-state index contributed by atoms with van der Waals surface area (Å²) in [5.74, 6) is -0.335. The second kappa shape index (κ2) is 3.91. The second-order valence-electron chi connectivity index (χ2n) is 2.68. The molecule has 0 saturated carbocycles. The average molecular weight is 241 g/mol. The fourth-order valence-electron chi connectivity index (χ4n) is 0.889. The van der Waals surface area contributed by atoms with E-state index in [1.165, 1.54) is 11.3 Å². The number of thiazole rings is 1. The molecule has 0 unspecified atom stereocenters. The number of rotatable bonds is 2. The number of aromatic nitrogens is 3. The Hall–Kier alpha value is -1.54. The van der Waals surface area contributed by atoms with E-state index in [1.54, 1.807) is 6.20 Å². The minimum absolute atomic E-state index is 0.236. The summed E-state index contributed by atoms with van der Waals surface area (Å²) in [5, 5.41) is 10.9. The molecule has 0 spiro atoms. The molecule has 0 aromatic carbocycles. The van der Waals surface area contributed by atoms with Crippen molar-refractivity contribution in [3.05, 3.63) is 16.1 Å². The van der Waals surface area contributed by atoms with E-state index in [2.05, 4.69) is 20.5 Å². The lowest BCUT2D eigenvalue weighted by molar-refractivity contribution is 0.102. The summed E-state index contributed by atoms with van der Waals surface area (Å²) >= 11 is 2.44. The van der Waals surface area contributed by atoms with Crippen molar-refractivity contribution in [2.45, 2.75) is 6.92 Å². The van der Waals surface area contributed by atoms with Crippen LogP contribution in [-0.2, 0) is 0 Å². The van der Waals surface area contributed by atoms with Gasteiger partial charge in [-0.05, 0) is 6.92 Å². The van der Waals surface area contributed by atoms with E-state index in [0.717, 1.165) is 16.2 Å². The van der Waals surface area contributed by atoms with Crippen LogP contribution >= 0.6 is 22.7 Å². The van der Waals surface area contributed by atoms with Gasteiger partial charge in [0.15, 0.2) is 5.13 Å². The Morgan fingerprint density at radius 2 is 2.27 bits per heavy atom. The summed E-state index contributed by atoms with van der Waals surface area (Å²) in [6.45, 7) is 1.91. The summed E-state index contributed by atoms with van der Waals surface area (Å²) in [6.07, 6.45) is 1.69. The van der Waals surface area contributed by atoms with Gasteiger partial charge in [-0.15, -0.1) is 21.5 Å². The normalized spacial score (nSPS) is 10.2. The average Bonchev–Trinajstić information content (AvgIpc) is 2.75. The number of nitrogens with two attached hydrogens (primary N) is 1. The van der Waals surface area contributed by atoms with Gasteiger partial charge in [-0.25, -0.2) is 4.98 Å². The van der Waals surface area contributed by atoms with Crippen LogP contribution in [0.15, 0.2) is 6.20 Å². The third-order valence-corrected chi connectivity index (χ3v) is 3.06. The van der Waals surface area contributed by atoms with Gasteiger partial charge < -0.3 is 5.73 Å². The van der Waals surface area contributed by atoms with Crippen LogP contribution in [0.3, 0.4) is 0 Å². The Balaban J connectivity index is 2.10. The fraction of sp³-hybridized carbons (Fsp3) is 0.143. The lowest BCUT2D eigenvalue weighted by Crippen LogP contribution is -2.11. The molecule has 6 nitrogen and oxygen atoms in total. The molecule has 2 heterocycles. The highest BCUT2D eigenvalue weighted by Crippen LogP contribution is 2.18. The summed E-state index contributed by atoms with van der Waals surface area (Å²) in [6, 6.07) is 0. The smallest absolute Gasteiger partial charge is 0.288 e. The largest absolute Gasteiger partial charge is 0.374 e. The maximum Gasteiger partial charge on any atom is 0.288 e. The van der Waals surface area contributed by atoms with Gasteiger partial charge in [0, 0.05) is 11.1 Å². The van der Waals surface area contributed by atoms with Crippen LogP contribution in [0.1, 0.15) is 14.7 Å². The monoisotopic (exact) mass is 241 g/mol. The maximum absolute atomic E-state index is 11.5. The zero-order valence-electron chi connectivity index (χ0n) is 7.72. The van der Waals surface area contributed by atoms with Crippen LogP contribution in [0.2, 0.25) is 0 Å². The van der Waals surface area contributed by atoms with Crippen LogP contribution in [0, 0.1) is 6.92 Å². The molecule has 3 N–H and O–H groups in total. The molecule has 2 aromatic rings. The molecule has 1 amide bonds. The molecule has 15 heavy (non-hydrogen) atoms. The van der Waals surface area contributed by atoms with Crippen molar-refractivity contribution < 1.29 is 4.79 Å². The zero-order valence-corrected chi connectivity index (χ0v) is 9.35. The highest BCUT2D eigenvalue weighted by molar-refractivity contribution is 7.17. The first kappa shape index (κ1) is 9.99. The molecule has 0 radical (unpaired) electrons. The molecule has 2 aromatic heterocycles. The van der Waals surface area contributed by atoms with Gasteiger partial charge in [0.25, 0.3) is 5.91 Å². The molecule has 0 aliphatic rings. The quantitative estimate of drug-likeness (QED) is 0.822. The molecule has 0 saturated heterocycles. The van der Waals surface area contributed by atoms with E-state index < -0.39 is 0 Å². The van der Waals surface area contributed by atoms with Gasteiger partial charge in [0.05, 0.1) is 0 Å². The van der Waals surface area contributed by atoms with Crippen LogP contribution in [0.25, 0.3) is 0 Å². The number of anilines is 2. The Morgan fingerprint density at radius 3 is 2.80 bits per heavy atom. The number of nitrogens with one attached hydrogen (secondary N) is 1. The van der Waals surface area contributed by atoms with Crippen molar-refractivity contribution in [2.75, 3.05) is 11.1 Å². The molecular weight excluding hydrogens is 234 g/mol. The lowest BCUT2D eigenvalue weighted by atomic mass is 10.6. The summed E-state index contributed by atoms with van der Waals surface area (Å²) < 4.78 is 0. The fourth-order valence-corrected chi connectivity index (χ4v) is 2.05. The number of carbonyl (C=O) groups is 1. The second-order valence-corrected chi connectivity index (χ2v) is 4.92. The summed E-state index contributed by atoms with van der Waals surface area (Å²) in [5.41, 5.74) is 5.37. The summed E-state index contributed by atoms with van der Waals surface area (Å²) in [7, 11) is 0. The van der Waals surface area contributed by atoms with Crippen molar-refractivity contribution >= 4 is 38.8 Å². The summed E-state index contributed by atoms with van der Waals surface area (Å²) in [4.78, 5) is 16.6. The molecule has 0 fully saturated rings. The van der Waals surface area contributed by atoms with E-state index in [1.807, 2.05) is 6.92 Å². The van der Waals surface area contributed by atoms with Gasteiger partial charge in [0.2, 0.25) is 10.1 Å². The van der Waals surface area contributed by atoms with Gasteiger partial charge in [-0.2, -0.15) is 0 Å². The zero-order chi connectivity index (χ0) is 10.8. The van der Waals surface area contributed by atoms with Crippen molar-refractivity contribution in [2.24, 2.45) is 0 Å². The van der Waals surface area contributed by atoms with Crippen LogP contribution in [-0.4, -0.2) is 21.1 Å². The lowest BCUT2D eigenvalue weighted by Gasteiger charge is -1.95. The Labute approximate surface area is 93.2 Å². The molecule has 0 bridgehead atoms. The maximum atomic E-state index is 11.5. The predicted octanol–water partition coefficient (Wildman–Crippen LogP) is 1.14. The minimum atomic E-state index is -0.335. The first-order valence-electron chi connectivity index (χ1n) is 3.98. The number of hydrogen-bond donors (Lipinski definition) is 2. The first-order chi connectivity index (χ1) is 7.15. The Kier molecular flexibility index (Phi) is 2.60. The number of carbonyl (C=O) groups excluding carboxylic acids is 1. The number of amides is 1. The van der Waals surface area contributed by atoms with E-state index in [-0.39, 0.29) is 16.0 Å². The third-order valence-electron chi connectivity index (χ3n) is 1.48. The molecule has 0 aliphatic carbocycles. The van der Waals surface area contributed by atoms with Crippen molar-refractivity contribution in [3.63, 3.8) is 0 Å². The molecular formula is C7H7N5OS2. The van der Waals surface area contributed by atoms with Crippen LogP contribution in [0.4, 0.5) is 10.3 Å². The van der Waals surface area contributed by atoms with Crippen molar-refractivity contribution in [1.82, 2.24) is 15.2 Å². The van der Waals surface area contributed by atoms with Gasteiger partial charge >= 0.3 is 0 Å². The van der Waals surface area contributed by atoms with Crippen LogP contribution in [0.5, 0.6) is 0 Å². The van der Waals surface area contributed by atoms with Crippen molar-refractivity contribution in [1.29, 1.82) is 0 Å². The highest BCUT2D eigenvalue weighted by Gasteiger charge is 2.12.